The molecule has 2 aromatic carbocycles. The molecule has 2 aromatic heterocycles. The highest BCUT2D eigenvalue weighted by Gasteiger charge is 2.45. The summed E-state index contributed by atoms with van der Waals surface area (Å²) in [5.74, 6) is -1.69. The third-order valence-electron chi connectivity index (χ3n) is 10.5. The number of para-hydroxylation sites is 1. The maximum absolute atomic E-state index is 14.5. The number of aromatic nitrogens is 2. The van der Waals surface area contributed by atoms with E-state index in [2.05, 4.69) is 10.6 Å². The molecule has 0 radical (unpaired) electrons. The number of ether oxygens (including phenoxy) is 1. The lowest BCUT2D eigenvalue weighted by Gasteiger charge is -2.33. The van der Waals surface area contributed by atoms with Crippen LogP contribution in [0.3, 0.4) is 0 Å². The molecule has 54 heavy (non-hydrogen) atoms. The van der Waals surface area contributed by atoms with Gasteiger partial charge in [0.1, 0.15) is 18.7 Å². The van der Waals surface area contributed by atoms with E-state index in [1.807, 2.05) is 82.3 Å². The summed E-state index contributed by atoms with van der Waals surface area (Å²) < 4.78 is 6.87. The minimum Gasteiger partial charge on any atom is -0.458 e. The average molecular weight is 736 g/mol. The van der Waals surface area contributed by atoms with Crippen LogP contribution < -0.4 is 16.2 Å². The first-order valence-electron chi connectivity index (χ1n) is 18.7. The summed E-state index contributed by atoms with van der Waals surface area (Å²) in [6.07, 6.45) is 1.16. The summed E-state index contributed by atoms with van der Waals surface area (Å²) in [5.41, 5.74) is 2.70. The fraction of sp³-hybridized carbons (Fsp3) is 0.429. The SMILES string of the molecule is CC[C@@]1(O)C(=O)OCc2c1cc1n(c2=O)Cc2c-1nc1ccccc1c2CCN(C(=O)[C@H](CC(C)C)NC(=O)[C@H](Cc1ccccc1)NC(C)=O)C(C)C. The number of cyclic esters (lactones) is 1. The van der Waals surface area contributed by atoms with Crippen molar-refractivity contribution in [1.82, 2.24) is 25.1 Å². The van der Waals surface area contributed by atoms with Gasteiger partial charge in [-0.3, -0.25) is 19.2 Å². The van der Waals surface area contributed by atoms with E-state index in [4.69, 9.17) is 9.72 Å². The van der Waals surface area contributed by atoms with Gasteiger partial charge in [0.2, 0.25) is 17.7 Å². The Morgan fingerprint density at radius 3 is 2.35 bits per heavy atom. The van der Waals surface area contributed by atoms with E-state index < -0.39 is 29.6 Å². The van der Waals surface area contributed by atoms with Crippen molar-refractivity contribution < 1.29 is 29.0 Å². The van der Waals surface area contributed by atoms with Gasteiger partial charge in [-0.25, -0.2) is 9.78 Å². The van der Waals surface area contributed by atoms with Crippen LogP contribution >= 0.6 is 0 Å². The lowest BCUT2D eigenvalue weighted by atomic mass is 9.86. The summed E-state index contributed by atoms with van der Waals surface area (Å²) in [6, 6.07) is 16.9. The Hall–Kier alpha value is -5.36. The molecule has 0 aliphatic carbocycles. The van der Waals surface area contributed by atoms with E-state index in [0.717, 1.165) is 22.1 Å². The van der Waals surface area contributed by atoms with Crippen LogP contribution in [0.25, 0.3) is 22.3 Å². The van der Waals surface area contributed by atoms with Gasteiger partial charge in [-0.15, -0.1) is 0 Å². The number of carbonyl (C=O) groups excluding carboxylic acids is 4. The summed E-state index contributed by atoms with van der Waals surface area (Å²) in [6.45, 7) is 11.2. The quantitative estimate of drug-likeness (QED) is 0.152. The van der Waals surface area contributed by atoms with E-state index in [1.54, 1.807) is 22.5 Å². The van der Waals surface area contributed by atoms with E-state index in [-0.39, 0.29) is 66.5 Å². The lowest BCUT2D eigenvalue weighted by Crippen LogP contribution is -2.56. The predicted molar refractivity (Wildman–Crippen MR) is 204 cm³/mol. The Bertz CT molecular complexity index is 2160. The molecule has 0 spiro atoms. The molecule has 4 aromatic rings. The Morgan fingerprint density at radius 1 is 0.981 bits per heavy atom. The fourth-order valence-corrected chi connectivity index (χ4v) is 7.72. The number of nitrogens with one attached hydrogen (secondary N) is 2. The van der Waals surface area contributed by atoms with Crippen LogP contribution in [0.15, 0.2) is 65.5 Å². The van der Waals surface area contributed by atoms with Crippen molar-refractivity contribution in [3.05, 3.63) is 98.8 Å². The molecule has 12 heteroatoms. The molecule has 3 amide bonds. The zero-order chi connectivity index (χ0) is 38.9. The number of rotatable bonds is 13. The Morgan fingerprint density at radius 2 is 1.69 bits per heavy atom. The molecule has 284 valence electrons. The first-order chi connectivity index (χ1) is 25.7. The number of aliphatic hydroxyl groups is 1. The number of pyridine rings is 2. The Balaban J connectivity index is 1.32. The van der Waals surface area contributed by atoms with Crippen molar-refractivity contribution in [3.63, 3.8) is 0 Å². The van der Waals surface area contributed by atoms with Gasteiger partial charge in [-0.2, -0.15) is 0 Å². The minimum absolute atomic E-state index is 0.0449. The topological polar surface area (TPSA) is 160 Å². The molecule has 0 fully saturated rings. The number of esters is 1. The average Bonchev–Trinajstić information content (AvgIpc) is 3.50. The van der Waals surface area contributed by atoms with Crippen LogP contribution in [0, 0.1) is 5.92 Å². The molecule has 3 atom stereocenters. The summed E-state index contributed by atoms with van der Waals surface area (Å²) >= 11 is 0. The smallest absolute Gasteiger partial charge is 0.343 e. The van der Waals surface area contributed by atoms with Crippen molar-refractivity contribution in [3.8, 4) is 11.4 Å². The van der Waals surface area contributed by atoms with Crippen LogP contribution in [-0.4, -0.2) is 67.9 Å². The minimum atomic E-state index is -1.94. The second-order valence-electron chi connectivity index (χ2n) is 15.0. The Labute approximate surface area is 314 Å². The maximum atomic E-state index is 14.5. The van der Waals surface area contributed by atoms with Crippen molar-refractivity contribution in [1.29, 1.82) is 0 Å². The van der Waals surface area contributed by atoms with Gasteiger partial charge < -0.3 is 29.9 Å². The molecule has 4 heterocycles. The molecule has 12 nitrogen and oxygen atoms in total. The molecule has 3 N–H and O–H groups in total. The van der Waals surface area contributed by atoms with Crippen molar-refractivity contribution >= 4 is 34.6 Å². The highest BCUT2D eigenvalue weighted by atomic mass is 16.6. The number of fused-ring (bicyclic) bond motifs is 5. The standard InChI is InChI=1S/C42H49N5O7/c1-7-42(53)32-21-36-37-30(22-47(36)39(50)31(32)23-54-41(42)52)28(29-15-11-12-16-33(29)44-37)17-18-46(25(4)5)40(51)35(19-24(2)3)45-38(49)34(43-26(6)48)20-27-13-9-8-10-14-27/h8-16,21,24-25,34-35,53H,7,17-20,22-23H2,1-6H3,(H,43,48)(H,45,49)/t34-,35-,42-/m0/s1. The number of nitrogens with zero attached hydrogens (tertiary/aromatic N) is 3. The lowest BCUT2D eigenvalue weighted by molar-refractivity contribution is -0.172. The van der Waals surface area contributed by atoms with Crippen LogP contribution in [-0.2, 0) is 55.5 Å². The summed E-state index contributed by atoms with van der Waals surface area (Å²) in [5, 5.41) is 18.0. The summed E-state index contributed by atoms with van der Waals surface area (Å²) in [7, 11) is 0. The van der Waals surface area contributed by atoms with E-state index in [9.17, 15) is 29.1 Å². The molecule has 0 saturated carbocycles. The molecular formula is C42H49N5O7. The maximum Gasteiger partial charge on any atom is 0.343 e. The number of amides is 3. The molecule has 2 aliphatic rings. The molecule has 0 bridgehead atoms. The summed E-state index contributed by atoms with van der Waals surface area (Å²) in [4.78, 5) is 73.7. The third-order valence-corrected chi connectivity index (χ3v) is 10.5. The highest BCUT2D eigenvalue weighted by Crippen LogP contribution is 2.40. The van der Waals surface area contributed by atoms with Crippen LogP contribution in [0.2, 0.25) is 0 Å². The van der Waals surface area contributed by atoms with Gasteiger partial charge in [0.25, 0.3) is 5.56 Å². The first-order valence-corrected chi connectivity index (χ1v) is 18.7. The van der Waals surface area contributed by atoms with Crippen molar-refractivity contribution in [2.45, 2.75) is 104 Å². The van der Waals surface area contributed by atoms with E-state index in [1.165, 1.54) is 6.92 Å². The van der Waals surface area contributed by atoms with E-state index >= 15 is 0 Å². The number of carbonyl (C=O) groups is 4. The third kappa shape index (κ3) is 7.39. The van der Waals surface area contributed by atoms with Gasteiger partial charge in [0.05, 0.1) is 29.0 Å². The molecule has 2 aliphatic heterocycles. The monoisotopic (exact) mass is 735 g/mol. The van der Waals surface area contributed by atoms with Crippen molar-refractivity contribution in [2.75, 3.05) is 6.54 Å². The first kappa shape index (κ1) is 38.4. The number of benzene rings is 2. The fourth-order valence-electron chi connectivity index (χ4n) is 7.72. The number of hydrogen-bond acceptors (Lipinski definition) is 8. The van der Waals surface area contributed by atoms with E-state index in [0.29, 0.717) is 36.3 Å². The predicted octanol–water partition coefficient (Wildman–Crippen LogP) is 4.14. The van der Waals surface area contributed by atoms with Crippen LogP contribution in [0.4, 0.5) is 0 Å². The zero-order valence-corrected chi connectivity index (χ0v) is 31.8. The molecule has 6 rings (SSSR count). The highest BCUT2D eigenvalue weighted by molar-refractivity contribution is 5.92. The second-order valence-corrected chi connectivity index (χ2v) is 15.0. The van der Waals surface area contributed by atoms with Gasteiger partial charge in [0, 0.05) is 42.4 Å². The molecule has 0 saturated heterocycles. The van der Waals surface area contributed by atoms with Crippen molar-refractivity contribution in [2.24, 2.45) is 5.92 Å². The largest absolute Gasteiger partial charge is 0.458 e. The van der Waals surface area contributed by atoms with Crippen LogP contribution in [0.5, 0.6) is 0 Å². The normalized spacial score (nSPS) is 17.0. The van der Waals surface area contributed by atoms with Gasteiger partial charge in [-0.1, -0.05) is 69.3 Å². The van der Waals surface area contributed by atoms with Gasteiger partial charge in [0.15, 0.2) is 5.60 Å². The Kier molecular flexibility index (Phi) is 11.0. The number of hydrogen-bond donors (Lipinski definition) is 3. The molecular weight excluding hydrogens is 686 g/mol. The van der Waals surface area contributed by atoms with Gasteiger partial charge in [-0.05, 0) is 62.3 Å². The zero-order valence-electron chi connectivity index (χ0n) is 31.8. The second kappa shape index (κ2) is 15.5. The van der Waals surface area contributed by atoms with Crippen LogP contribution in [0.1, 0.15) is 82.2 Å². The van der Waals surface area contributed by atoms with Gasteiger partial charge >= 0.3 is 5.97 Å². The molecule has 0 unspecified atom stereocenters.